The van der Waals surface area contributed by atoms with Gasteiger partial charge in [-0.05, 0) is 48.5 Å². The SMILES string of the molecule is Cn1c(-c2ccccn2)nc(-c2ccc(-c3nnco3)cc2)c1Sc1ccc(C(F)(F)F)cc1. The molecule has 0 aliphatic carbocycles. The van der Waals surface area contributed by atoms with Gasteiger partial charge in [-0.15, -0.1) is 10.2 Å². The molecule has 0 saturated heterocycles. The van der Waals surface area contributed by atoms with Gasteiger partial charge >= 0.3 is 6.18 Å². The summed E-state index contributed by atoms with van der Waals surface area (Å²) in [7, 11) is 1.86. The molecular formula is C24H16F3N5OS. The van der Waals surface area contributed by atoms with E-state index in [1.807, 2.05) is 54.1 Å². The van der Waals surface area contributed by atoms with E-state index in [0.717, 1.165) is 28.3 Å². The van der Waals surface area contributed by atoms with E-state index >= 15 is 0 Å². The molecule has 10 heteroatoms. The molecular weight excluding hydrogens is 463 g/mol. The molecule has 5 rings (SSSR count). The molecule has 0 N–H and O–H groups in total. The molecule has 0 fully saturated rings. The molecule has 0 bridgehead atoms. The van der Waals surface area contributed by atoms with E-state index in [2.05, 4.69) is 15.2 Å². The van der Waals surface area contributed by atoms with E-state index in [9.17, 15) is 13.2 Å². The van der Waals surface area contributed by atoms with E-state index < -0.39 is 11.7 Å². The van der Waals surface area contributed by atoms with Crippen molar-refractivity contribution in [2.45, 2.75) is 16.1 Å². The zero-order chi connectivity index (χ0) is 23.7. The molecule has 3 aromatic heterocycles. The monoisotopic (exact) mass is 479 g/mol. The summed E-state index contributed by atoms with van der Waals surface area (Å²) < 4.78 is 46.1. The van der Waals surface area contributed by atoms with E-state index in [4.69, 9.17) is 9.40 Å². The van der Waals surface area contributed by atoms with Gasteiger partial charge in [0.15, 0.2) is 5.82 Å². The quantitative estimate of drug-likeness (QED) is 0.292. The lowest BCUT2D eigenvalue weighted by molar-refractivity contribution is -0.137. The summed E-state index contributed by atoms with van der Waals surface area (Å²) in [5, 5.41) is 8.38. The van der Waals surface area contributed by atoms with Crippen LogP contribution in [0.5, 0.6) is 0 Å². The number of halogens is 3. The molecule has 5 aromatic rings. The highest BCUT2D eigenvalue weighted by atomic mass is 32.2. The van der Waals surface area contributed by atoms with Crippen LogP contribution in [0.25, 0.3) is 34.2 Å². The first kappa shape index (κ1) is 21.9. The number of nitrogens with zero attached hydrogens (tertiary/aromatic N) is 5. The minimum absolute atomic E-state index is 0.404. The van der Waals surface area contributed by atoms with Crippen molar-refractivity contribution >= 4 is 11.8 Å². The summed E-state index contributed by atoms with van der Waals surface area (Å²) in [4.78, 5) is 9.91. The Bertz CT molecular complexity index is 1400. The highest BCUT2D eigenvalue weighted by Gasteiger charge is 2.30. The highest BCUT2D eigenvalue weighted by Crippen LogP contribution is 2.39. The molecule has 0 saturated carbocycles. The van der Waals surface area contributed by atoms with Crippen molar-refractivity contribution in [1.82, 2.24) is 24.7 Å². The Morgan fingerprint density at radius 1 is 0.912 bits per heavy atom. The molecule has 0 amide bonds. The number of hydrogen-bond acceptors (Lipinski definition) is 6. The second-order valence-electron chi connectivity index (χ2n) is 7.31. The first-order valence-electron chi connectivity index (χ1n) is 10.1. The lowest BCUT2D eigenvalue weighted by Crippen LogP contribution is -2.04. The normalized spacial score (nSPS) is 11.6. The van der Waals surface area contributed by atoms with Crippen LogP contribution in [0.3, 0.4) is 0 Å². The Balaban J connectivity index is 1.56. The summed E-state index contributed by atoms with van der Waals surface area (Å²) >= 11 is 1.34. The third-order valence-electron chi connectivity index (χ3n) is 5.10. The number of alkyl halides is 3. The topological polar surface area (TPSA) is 69.6 Å². The smallest absolute Gasteiger partial charge is 0.416 e. The fourth-order valence-electron chi connectivity index (χ4n) is 3.41. The summed E-state index contributed by atoms with van der Waals surface area (Å²) in [5.41, 5.74) is 2.28. The van der Waals surface area contributed by atoms with Crippen LogP contribution in [0.2, 0.25) is 0 Å². The summed E-state index contributed by atoms with van der Waals surface area (Å²) in [6.45, 7) is 0. The van der Waals surface area contributed by atoms with Gasteiger partial charge in [0.2, 0.25) is 12.3 Å². The van der Waals surface area contributed by atoms with Crippen molar-refractivity contribution in [3.8, 4) is 34.2 Å². The first-order chi connectivity index (χ1) is 16.4. The first-order valence-corrected chi connectivity index (χ1v) is 10.9. The maximum absolute atomic E-state index is 13.0. The van der Waals surface area contributed by atoms with Crippen molar-refractivity contribution in [3.63, 3.8) is 0 Å². The van der Waals surface area contributed by atoms with Gasteiger partial charge in [0.1, 0.15) is 16.4 Å². The predicted molar refractivity (Wildman–Crippen MR) is 121 cm³/mol. The third-order valence-corrected chi connectivity index (χ3v) is 6.27. The van der Waals surface area contributed by atoms with Gasteiger partial charge in [0.25, 0.3) is 0 Å². The van der Waals surface area contributed by atoms with Gasteiger partial charge in [0, 0.05) is 29.3 Å². The van der Waals surface area contributed by atoms with Crippen LogP contribution in [0.1, 0.15) is 5.56 Å². The Kier molecular flexibility index (Phi) is 5.66. The zero-order valence-corrected chi connectivity index (χ0v) is 18.5. The number of benzene rings is 2. The van der Waals surface area contributed by atoms with Crippen LogP contribution in [0.4, 0.5) is 13.2 Å². The van der Waals surface area contributed by atoms with E-state index in [0.29, 0.717) is 28.0 Å². The lowest BCUT2D eigenvalue weighted by Gasteiger charge is -2.10. The van der Waals surface area contributed by atoms with Gasteiger partial charge in [-0.2, -0.15) is 13.2 Å². The van der Waals surface area contributed by atoms with Crippen LogP contribution >= 0.6 is 11.8 Å². The van der Waals surface area contributed by atoms with Crippen molar-refractivity contribution in [2.24, 2.45) is 7.05 Å². The fraction of sp³-hybridized carbons (Fsp3) is 0.0833. The molecule has 34 heavy (non-hydrogen) atoms. The fourth-order valence-corrected chi connectivity index (χ4v) is 4.38. The Morgan fingerprint density at radius 2 is 1.65 bits per heavy atom. The number of rotatable bonds is 5. The van der Waals surface area contributed by atoms with Crippen LogP contribution in [-0.4, -0.2) is 24.7 Å². The minimum atomic E-state index is -4.38. The molecule has 170 valence electrons. The Labute approximate surface area is 196 Å². The van der Waals surface area contributed by atoms with Crippen LogP contribution in [-0.2, 0) is 13.2 Å². The number of hydrogen-bond donors (Lipinski definition) is 0. The average Bonchev–Trinajstić information content (AvgIpc) is 3.49. The van der Waals surface area contributed by atoms with E-state index in [1.165, 1.54) is 30.3 Å². The maximum atomic E-state index is 13.0. The van der Waals surface area contributed by atoms with Crippen molar-refractivity contribution in [1.29, 1.82) is 0 Å². The van der Waals surface area contributed by atoms with Gasteiger partial charge in [0.05, 0.1) is 5.56 Å². The Hall–Kier alpha value is -3.92. The van der Waals surface area contributed by atoms with Crippen LogP contribution in [0.15, 0.2) is 93.7 Å². The molecule has 0 aliphatic rings. The van der Waals surface area contributed by atoms with E-state index in [-0.39, 0.29) is 0 Å². The average molecular weight is 479 g/mol. The molecule has 0 radical (unpaired) electrons. The number of aromatic nitrogens is 5. The molecule has 0 spiro atoms. The van der Waals surface area contributed by atoms with Gasteiger partial charge in [-0.25, -0.2) is 4.98 Å². The second kappa shape index (κ2) is 8.79. The molecule has 0 unspecified atom stereocenters. The number of imidazole rings is 1. The van der Waals surface area contributed by atoms with Crippen LogP contribution in [0, 0.1) is 0 Å². The molecule has 3 heterocycles. The van der Waals surface area contributed by atoms with Crippen molar-refractivity contribution < 1.29 is 17.6 Å². The lowest BCUT2D eigenvalue weighted by atomic mass is 10.1. The zero-order valence-electron chi connectivity index (χ0n) is 17.7. The molecule has 6 nitrogen and oxygen atoms in total. The highest BCUT2D eigenvalue weighted by molar-refractivity contribution is 7.99. The van der Waals surface area contributed by atoms with Crippen LogP contribution < -0.4 is 0 Å². The molecule has 0 atom stereocenters. The van der Waals surface area contributed by atoms with Crippen molar-refractivity contribution in [2.75, 3.05) is 0 Å². The standard InChI is InChI=1S/C24H16F3N5OS/c1-32-21(19-4-2-3-13-28-19)30-20(15-5-7-16(8-6-15)22-31-29-14-33-22)23(32)34-18-11-9-17(10-12-18)24(25,26)27/h2-14H,1H3. The number of pyridine rings is 1. The predicted octanol–water partition coefficient (Wildman–Crippen LogP) is 6.37. The summed E-state index contributed by atoms with van der Waals surface area (Å²) in [5.74, 6) is 1.05. The molecule has 2 aromatic carbocycles. The van der Waals surface area contributed by atoms with Crippen molar-refractivity contribution in [3.05, 3.63) is 84.9 Å². The third kappa shape index (κ3) is 4.32. The van der Waals surface area contributed by atoms with Gasteiger partial charge < -0.3 is 8.98 Å². The largest absolute Gasteiger partial charge is 0.423 e. The summed E-state index contributed by atoms with van der Waals surface area (Å²) in [6.07, 6.45) is -1.43. The summed E-state index contributed by atoms with van der Waals surface area (Å²) in [6, 6.07) is 18.1. The minimum Gasteiger partial charge on any atom is -0.423 e. The molecule has 0 aliphatic heterocycles. The van der Waals surface area contributed by atoms with Gasteiger partial charge in [-0.3, -0.25) is 4.98 Å². The Morgan fingerprint density at radius 3 is 2.26 bits per heavy atom. The second-order valence-corrected chi connectivity index (χ2v) is 8.37. The van der Waals surface area contributed by atoms with E-state index in [1.54, 1.807) is 6.20 Å². The van der Waals surface area contributed by atoms with Gasteiger partial charge in [-0.1, -0.05) is 30.0 Å². The maximum Gasteiger partial charge on any atom is 0.416 e.